The highest BCUT2D eigenvalue weighted by atomic mass is 35.5. The van der Waals surface area contributed by atoms with Crippen LogP contribution in [-0.2, 0) is 9.53 Å². The molecule has 2 amide bonds. The maximum Gasteiger partial charge on any atom is 0.407 e. The zero-order valence-corrected chi connectivity index (χ0v) is 16.0. The summed E-state index contributed by atoms with van der Waals surface area (Å²) in [6.45, 7) is 10.3. The van der Waals surface area contributed by atoms with E-state index in [1.807, 2.05) is 13.8 Å². The molecule has 0 aromatic rings. The van der Waals surface area contributed by atoms with E-state index in [0.717, 1.165) is 12.8 Å². The number of rotatable bonds is 5. The predicted octanol–water partition coefficient (Wildman–Crippen LogP) is 1.82. The maximum atomic E-state index is 12.2. The Morgan fingerprint density at radius 1 is 1.29 bits per heavy atom. The zero-order chi connectivity index (χ0) is 17.7. The molecule has 0 unspecified atom stereocenters. The maximum absolute atomic E-state index is 12.2. The van der Waals surface area contributed by atoms with Gasteiger partial charge in [0.05, 0.1) is 12.6 Å². The summed E-state index contributed by atoms with van der Waals surface area (Å²) in [7, 11) is 0. The number of hydrogen-bond donors (Lipinski definition) is 2. The number of likely N-dealkylation sites (tertiary alicyclic amines) is 1. The van der Waals surface area contributed by atoms with Crippen LogP contribution < -0.4 is 10.6 Å². The average Bonchev–Trinajstić information content (AvgIpc) is 2.89. The average molecular weight is 361 g/mol. The number of hydrogen-bond acceptors (Lipinski definition) is 5. The Morgan fingerprint density at radius 3 is 2.46 bits per heavy atom. The second-order valence-corrected chi connectivity index (χ2v) is 7.47. The molecule has 0 radical (unpaired) electrons. The fraction of sp³-hybridized carbons (Fsp3) is 0.812. The summed E-state index contributed by atoms with van der Waals surface area (Å²) in [5, 5.41) is 14.8. The zero-order valence-electron chi connectivity index (χ0n) is 15.1. The highest BCUT2D eigenvalue weighted by Gasteiger charge is 2.29. The van der Waals surface area contributed by atoms with Gasteiger partial charge in [0.2, 0.25) is 5.91 Å². The van der Waals surface area contributed by atoms with Crippen LogP contribution in [0.25, 0.3) is 0 Å². The predicted molar refractivity (Wildman–Crippen MR) is 93.9 cm³/mol. The van der Waals surface area contributed by atoms with Crippen LogP contribution in [0.1, 0.15) is 47.5 Å². The van der Waals surface area contributed by atoms with Gasteiger partial charge in [0.15, 0.2) is 0 Å². The molecule has 1 aliphatic rings. The second kappa shape index (κ2) is 9.09. The van der Waals surface area contributed by atoms with Crippen LogP contribution in [0, 0.1) is 11.3 Å². The van der Waals surface area contributed by atoms with Crippen molar-refractivity contribution in [3.05, 3.63) is 0 Å². The van der Waals surface area contributed by atoms with Crippen molar-refractivity contribution in [1.29, 1.82) is 5.26 Å². The number of ether oxygens (including phenoxy) is 1. The Morgan fingerprint density at radius 2 is 1.92 bits per heavy atom. The van der Waals surface area contributed by atoms with Gasteiger partial charge in [0, 0.05) is 18.6 Å². The largest absolute Gasteiger partial charge is 0.444 e. The topological polar surface area (TPSA) is 94.5 Å². The highest BCUT2D eigenvalue weighted by Crippen LogP contribution is 2.16. The molecule has 1 fully saturated rings. The molecule has 0 saturated carbocycles. The molecule has 1 heterocycles. The van der Waals surface area contributed by atoms with E-state index < -0.39 is 17.2 Å². The number of carbonyl (C=O) groups excluding carboxylic acids is 2. The molecular formula is C16H29ClN4O3. The molecule has 0 spiro atoms. The van der Waals surface area contributed by atoms with Gasteiger partial charge in [-0.3, -0.25) is 4.79 Å². The number of carbonyl (C=O) groups is 2. The molecule has 1 saturated heterocycles. The van der Waals surface area contributed by atoms with Crippen molar-refractivity contribution in [2.75, 3.05) is 19.6 Å². The molecule has 7 nitrogen and oxygen atoms in total. The number of halogens is 1. The standard InChI is InChI=1S/C16H28N4O3.ClH/c1-15(2,3)23-14(22)18-11-16(4,5)19-10-13(21)20-8-6-7-12(20)9-17;/h12,19H,6-8,10-11H2,1-5H3,(H,18,22);1H/t12-;/m0./s1. The van der Waals surface area contributed by atoms with E-state index in [4.69, 9.17) is 10.00 Å². The van der Waals surface area contributed by atoms with E-state index in [2.05, 4.69) is 16.7 Å². The molecule has 0 aromatic carbocycles. The van der Waals surface area contributed by atoms with Crippen molar-refractivity contribution in [3.8, 4) is 6.07 Å². The van der Waals surface area contributed by atoms with Crippen LogP contribution in [0.15, 0.2) is 0 Å². The number of alkyl carbamates (subject to hydrolysis) is 1. The molecule has 1 atom stereocenters. The fourth-order valence-electron chi connectivity index (χ4n) is 2.29. The van der Waals surface area contributed by atoms with Crippen LogP contribution in [0.2, 0.25) is 0 Å². The van der Waals surface area contributed by atoms with Crippen LogP contribution in [0.4, 0.5) is 4.79 Å². The summed E-state index contributed by atoms with van der Waals surface area (Å²) in [5.41, 5.74) is -1.01. The lowest BCUT2D eigenvalue weighted by molar-refractivity contribution is -0.130. The smallest absolute Gasteiger partial charge is 0.407 e. The van der Waals surface area contributed by atoms with Crippen molar-refractivity contribution >= 4 is 24.4 Å². The first-order valence-electron chi connectivity index (χ1n) is 7.95. The fourth-order valence-corrected chi connectivity index (χ4v) is 2.29. The van der Waals surface area contributed by atoms with Gasteiger partial charge in [-0.1, -0.05) is 0 Å². The summed E-state index contributed by atoms with van der Waals surface area (Å²) in [6, 6.07) is 1.84. The first kappa shape index (κ1) is 22.5. The Kier molecular flexibility index (Phi) is 8.52. The number of nitrogens with one attached hydrogen (secondary N) is 2. The third-order valence-corrected chi connectivity index (χ3v) is 3.51. The lowest BCUT2D eigenvalue weighted by Crippen LogP contribution is -2.53. The van der Waals surface area contributed by atoms with Crippen LogP contribution >= 0.6 is 12.4 Å². The lowest BCUT2D eigenvalue weighted by Gasteiger charge is -2.29. The molecule has 138 valence electrons. The van der Waals surface area contributed by atoms with E-state index in [1.54, 1.807) is 25.7 Å². The van der Waals surface area contributed by atoms with Gasteiger partial charge in [-0.25, -0.2) is 4.79 Å². The van der Waals surface area contributed by atoms with Crippen LogP contribution in [0.5, 0.6) is 0 Å². The van der Waals surface area contributed by atoms with E-state index in [0.29, 0.717) is 13.1 Å². The van der Waals surface area contributed by atoms with Crippen molar-refractivity contribution in [2.45, 2.75) is 64.6 Å². The second-order valence-electron chi connectivity index (χ2n) is 7.47. The molecule has 1 aliphatic heterocycles. The van der Waals surface area contributed by atoms with Crippen LogP contribution in [0.3, 0.4) is 0 Å². The molecule has 0 bridgehead atoms. The van der Waals surface area contributed by atoms with E-state index in [1.165, 1.54) is 0 Å². The molecule has 2 N–H and O–H groups in total. The molecular weight excluding hydrogens is 332 g/mol. The van der Waals surface area contributed by atoms with Gasteiger partial charge in [-0.2, -0.15) is 5.26 Å². The lowest BCUT2D eigenvalue weighted by atomic mass is 10.1. The molecule has 0 aromatic heterocycles. The van der Waals surface area contributed by atoms with Gasteiger partial charge in [-0.15, -0.1) is 12.4 Å². The minimum atomic E-state index is -0.542. The molecule has 1 rings (SSSR count). The van der Waals surface area contributed by atoms with E-state index >= 15 is 0 Å². The Hall–Kier alpha value is -1.52. The number of amides is 2. The number of nitriles is 1. The van der Waals surface area contributed by atoms with Crippen molar-refractivity contribution < 1.29 is 14.3 Å². The van der Waals surface area contributed by atoms with Gasteiger partial charge >= 0.3 is 6.09 Å². The summed E-state index contributed by atoms with van der Waals surface area (Å²) >= 11 is 0. The Labute approximate surface area is 150 Å². The summed E-state index contributed by atoms with van der Waals surface area (Å²) < 4.78 is 5.18. The van der Waals surface area contributed by atoms with Gasteiger partial charge in [0.1, 0.15) is 11.6 Å². The van der Waals surface area contributed by atoms with Gasteiger partial charge in [-0.05, 0) is 47.5 Å². The molecule has 8 heteroatoms. The van der Waals surface area contributed by atoms with Crippen molar-refractivity contribution in [1.82, 2.24) is 15.5 Å². The van der Waals surface area contributed by atoms with Gasteiger partial charge in [0.25, 0.3) is 0 Å². The highest BCUT2D eigenvalue weighted by molar-refractivity contribution is 5.85. The molecule has 24 heavy (non-hydrogen) atoms. The normalized spacial score (nSPS) is 17.7. The minimum Gasteiger partial charge on any atom is -0.444 e. The Balaban J connectivity index is 0.00000529. The third kappa shape index (κ3) is 7.84. The Bertz CT molecular complexity index is 483. The van der Waals surface area contributed by atoms with E-state index in [-0.39, 0.29) is 30.9 Å². The number of nitrogens with zero attached hydrogens (tertiary/aromatic N) is 2. The van der Waals surface area contributed by atoms with Crippen LogP contribution in [-0.4, -0.2) is 53.7 Å². The van der Waals surface area contributed by atoms with E-state index in [9.17, 15) is 9.59 Å². The first-order chi connectivity index (χ1) is 10.5. The minimum absolute atomic E-state index is 0. The quantitative estimate of drug-likeness (QED) is 0.779. The van der Waals surface area contributed by atoms with Gasteiger partial charge < -0.3 is 20.3 Å². The summed E-state index contributed by atoms with van der Waals surface area (Å²) in [4.78, 5) is 25.5. The first-order valence-corrected chi connectivity index (χ1v) is 7.95. The van der Waals surface area contributed by atoms with Crippen molar-refractivity contribution in [3.63, 3.8) is 0 Å². The SMILES string of the molecule is CC(C)(CNC(=O)OC(C)(C)C)NCC(=O)N1CCC[C@H]1C#N.Cl. The third-order valence-electron chi connectivity index (χ3n) is 3.51. The molecule has 0 aliphatic carbocycles. The summed E-state index contributed by atoms with van der Waals surface area (Å²) in [6.07, 6.45) is 1.13. The monoisotopic (exact) mass is 360 g/mol. The summed E-state index contributed by atoms with van der Waals surface area (Å²) in [5.74, 6) is -0.0839. The van der Waals surface area contributed by atoms with Crippen molar-refractivity contribution in [2.24, 2.45) is 0 Å².